The molecule has 6 fully saturated rings. The van der Waals surface area contributed by atoms with Crippen molar-refractivity contribution in [1.82, 2.24) is 0 Å². The molecule has 43 heavy (non-hydrogen) atoms. The lowest BCUT2D eigenvalue weighted by atomic mass is 9.41. The van der Waals surface area contributed by atoms with Crippen molar-refractivity contribution in [3.05, 3.63) is 0 Å². The topological polar surface area (TPSA) is 76.0 Å². The molecule has 2 spiro atoms. The molecular formula is C36H58F2O5. The summed E-state index contributed by atoms with van der Waals surface area (Å²) in [6, 6.07) is 0. The summed E-state index contributed by atoms with van der Waals surface area (Å²) in [4.78, 5) is 13.3. The molecule has 0 unspecified atom stereocenters. The molecule has 0 bridgehead atoms. The molecule has 2 N–H and O–H groups in total. The van der Waals surface area contributed by atoms with Gasteiger partial charge in [0.05, 0.1) is 23.4 Å². The lowest BCUT2D eigenvalue weighted by Gasteiger charge is -2.65. The number of carbonyl (C=O) groups is 1. The maximum atomic E-state index is 15.7. The van der Waals surface area contributed by atoms with Crippen molar-refractivity contribution < 1.29 is 33.3 Å². The Morgan fingerprint density at radius 3 is 2.23 bits per heavy atom. The zero-order valence-corrected chi connectivity index (χ0v) is 28.2. The first-order valence-corrected chi connectivity index (χ1v) is 17.3. The Kier molecular flexibility index (Phi) is 7.03. The van der Waals surface area contributed by atoms with Gasteiger partial charge in [0.25, 0.3) is 5.92 Å². The van der Waals surface area contributed by atoms with Gasteiger partial charge in [0, 0.05) is 30.1 Å². The van der Waals surface area contributed by atoms with Crippen LogP contribution in [0.25, 0.3) is 0 Å². The van der Waals surface area contributed by atoms with Gasteiger partial charge in [-0.25, -0.2) is 8.78 Å². The predicted molar refractivity (Wildman–Crippen MR) is 161 cm³/mol. The van der Waals surface area contributed by atoms with Crippen LogP contribution in [0.2, 0.25) is 0 Å². The second-order valence-electron chi connectivity index (χ2n) is 18.3. The molecule has 1 heterocycles. The second-order valence-corrected chi connectivity index (χ2v) is 18.3. The summed E-state index contributed by atoms with van der Waals surface area (Å²) in [5.41, 5.74) is -3.57. The van der Waals surface area contributed by atoms with E-state index in [4.69, 9.17) is 9.47 Å². The van der Waals surface area contributed by atoms with Gasteiger partial charge in [-0.15, -0.1) is 0 Å². The van der Waals surface area contributed by atoms with Gasteiger partial charge in [0.15, 0.2) is 0 Å². The molecule has 5 aliphatic carbocycles. The minimum Gasteiger partial charge on any atom is -0.462 e. The van der Waals surface area contributed by atoms with Gasteiger partial charge in [-0.1, -0.05) is 41.5 Å². The van der Waals surface area contributed by atoms with Gasteiger partial charge in [0.1, 0.15) is 6.10 Å². The highest BCUT2D eigenvalue weighted by atomic mass is 19.3. The lowest BCUT2D eigenvalue weighted by molar-refractivity contribution is -0.252. The van der Waals surface area contributed by atoms with E-state index in [9.17, 15) is 15.0 Å². The average molecular weight is 609 g/mol. The monoisotopic (exact) mass is 608 g/mol. The van der Waals surface area contributed by atoms with Gasteiger partial charge in [-0.3, -0.25) is 4.79 Å². The number of esters is 1. The van der Waals surface area contributed by atoms with E-state index in [0.29, 0.717) is 31.6 Å². The van der Waals surface area contributed by atoms with Gasteiger partial charge in [-0.2, -0.15) is 0 Å². The zero-order chi connectivity index (χ0) is 31.8. The number of halogens is 2. The Labute approximate surface area is 258 Å². The Balaban J connectivity index is 1.37. The third-order valence-electron chi connectivity index (χ3n) is 15.0. The van der Waals surface area contributed by atoms with E-state index in [1.807, 2.05) is 0 Å². The fraction of sp³-hybridized carbons (Fsp3) is 0.972. The second kappa shape index (κ2) is 9.40. The van der Waals surface area contributed by atoms with E-state index in [0.717, 1.165) is 38.5 Å². The van der Waals surface area contributed by atoms with Crippen LogP contribution in [0.15, 0.2) is 0 Å². The smallest absolute Gasteiger partial charge is 0.306 e. The van der Waals surface area contributed by atoms with E-state index in [-0.39, 0.29) is 57.9 Å². The van der Waals surface area contributed by atoms with Crippen molar-refractivity contribution >= 4 is 5.97 Å². The summed E-state index contributed by atoms with van der Waals surface area (Å²) in [5, 5.41) is 22.7. The summed E-state index contributed by atoms with van der Waals surface area (Å²) in [6.45, 7) is 18.0. The molecule has 5 saturated carbocycles. The van der Waals surface area contributed by atoms with E-state index < -0.39 is 34.7 Å². The van der Waals surface area contributed by atoms with Crippen LogP contribution in [0.5, 0.6) is 0 Å². The summed E-state index contributed by atoms with van der Waals surface area (Å²) < 4.78 is 44.4. The lowest BCUT2D eigenvalue weighted by Crippen LogP contribution is -2.64. The highest BCUT2D eigenvalue weighted by molar-refractivity contribution is 5.69. The number of aliphatic hydroxyl groups excluding tert-OH is 1. The molecule has 1 saturated heterocycles. The molecule has 6 rings (SSSR count). The Hall–Kier alpha value is -0.790. The first-order valence-electron chi connectivity index (χ1n) is 17.3. The number of aliphatic hydroxyl groups is 2. The number of hydrogen-bond donors (Lipinski definition) is 2. The molecule has 11 atom stereocenters. The third kappa shape index (κ3) is 4.17. The van der Waals surface area contributed by atoms with Gasteiger partial charge in [-0.05, 0) is 112 Å². The summed E-state index contributed by atoms with van der Waals surface area (Å²) in [5.74, 6) is -3.00. The van der Waals surface area contributed by atoms with Crippen LogP contribution >= 0.6 is 0 Å². The Morgan fingerprint density at radius 1 is 0.977 bits per heavy atom. The first-order chi connectivity index (χ1) is 19.6. The fourth-order valence-electron chi connectivity index (χ4n) is 12.8. The normalized spacial score (nSPS) is 51.3. The molecule has 0 aromatic rings. The van der Waals surface area contributed by atoms with Crippen LogP contribution in [0, 0.1) is 50.7 Å². The van der Waals surface area contributed by atoms with E-state index >= 15 is 8.78 Å². The number of fused-ring (bicyclic) bond motifs is 2. The predicted octanol–water partition coefficient (Wildman–Crippen LogP) is 7.70. The third-order valence-corrected chi connectivity index (χ3v) is 15.0. The summed E-state index contributed by atoms with van der Waals surface area (Å²) in [6.07, 6.45) is 5.63. The van der Waals surface area contributed by atoms with E-state index in [1.54, 1.807) is 27.7 Å². The van der Waals surface area contributed by atoms with E-state index in [2.05, 4.69) is 34.6 Å². The number of alkyl halides is 2. The van der Waals surface area contributed by atoms with Crippen molar-refractivity contribution in [2.45, 2.75) is 168 Å². The molecule has 0 aromatic carbocycles. The van der Waals surface area contributed by atoms with Crippen LogP contribution in [0.3, 0.4) is 0 Å². The van der Waals surface area contributed by atoms with Crippen molar-refractivity contribution in [3.8, 4) is 0 Å². The molecule has 6 aliphatic rings. The number of carbonyl (C=O) groups excluding carboxylic acids is 1. The van der Waals surface area contributed by atoms with Crippen molar-refractivity contribution in [2.75, 3.05) is 0 Å². The summed E-state index contributed by atoms with van der Waals surface area (Å²) >= 11 is 0. The number of ether oxygens (including phenoxy) is 2. The fourth-order valence-corrected chi connectivity index (χ4v) is 12.8. The van der Waals surface area contributed by atoms with Crippen LogP contribution in [0.1, 0.15) is 133 Å². The molecular weight excluding hydrogens is 550 g/mol. The molecule has 7 heteroatoms. The van der Waals surface area contributed by atoms with Crippen LogP contribution in [-0.2, 0) is 14.3 Å². The molecule has 0 aromatic heterocycles. The minimum atomic E-state index is -2.81. The molecule has 5 nitrogen and oxygen atoms in total. The van der Waals surface area contributed by atoms with Crippen molar-refractivity contribution in [1.29, 1.82) is 0 Å². The summed E-state index contributed by atoms with van der Waals surface area (Å²) in [7, 11) is 0. The first kappa shape index (κ1) is 32.2. The molecule has 0 radical (unpaired) electrons. The van der Waals surface area contributed by atoms with Gasteiger partial charge < -0.3 is 19.7 Å². The molecule has 0 amide bonds. The van der Waals surface area contributed by atoms with Crippen LogP contribution in [-0.4, -0.2) is 51.6 Å². The van der Waals surface area contributed by atoms with Crippen molar-refractivity contribution in [2.24, 2.45) is 50.7 Å². The quantitative estimate of drug-likeness (QED) is 0.302. The molecule has 1 aliphatic heterocycles. The van der Waals surface area contributed by atoms with Gasteiger partial charge >= 0.3 is 5.97 Å². The van der Waals surface area contributed by atoms with Crippen LogP contribution in [0.4, 0.5) is 8.78 Å². The van der Waals surface area contributed by atoms with E-state index in [1.165, 1.54) is 0 Å². The maximum Gasteiger partial charge on any atom is 0.306 e. The highest BCUT2D eigenvalue weighted by Gasteiger charge is 2.86. The maximum absolute atomic E-state index is 15.7. The number of hydrogen-bond acceptors (Lipinski definition) is 5. The largest absolute Gasteiger partial charge is 0.462 e. The SMILES string of the molecule is CC(C)CCC(=O)O[C@H]1C[C@@H]2[C@]3(CC[C@]4(C)[C@@H]([C@]5(C)CC[C@@H](C(C)(C)O)O5)[C@@H](O)C[C@@]24C)C[C@@]32CCC(F)(F)C(C)(C)[C@H]12. The van der Waals surface area contributed by atoms with Gasteiger partial charge in [0.2, 0.25) is 0 Å². The highest BCUT2D eigenvalue weighted by Crippen LogP contribution is 2.90. The standard InChI is InChI=1S/C36H58F2O5/c1-21(2)10-11-26(40)42-23-18-24-32(8)19-22(39)27(33(9)13-12-25(43-33)30(5,6)41)31(32,7)14-15-34(24)20-35(34)16-17-36(37,38)29(3,4)28(23)35/h21-25,27-28,39,41H,10-20H2,1-9H3/t22-,23-,24-,25-,27-,28-,31+,32-,33-,34-,35+/m0/s1. The Bertz CT molecular complexity index is 1150. The Morgan fingerprint density at radius 2 is 1.63 bits per heavy atom. The minimum absolute atomic E-state index is 0.0534. The van der Waals surface area contributed by atoms with Crippen molar-refractivity contribution in [3.63, 3.8) is 0 Å². The van der Waals surface area contributed by atoms with Crippen LogP contribution < -0.4 is 0 Å². The average Bonchev–Trinajstić information content (AvgIpc) is 3.24. The zero-order valence-electron chi connectivity index (χ0n) is 28.2. The molecule has 246 valence electrons. The number of rotatable bonds is 6.